The smallest absolute Gasteiger partial charge is 0.228 e. The summed E-state index contributed by atoms with van der Waals surface area (Å²) in [6.45, 7) is -0.0599. The Labute approximate surface area is 208 Å². The Morgan fingerprint density at radius 3 is 2.94 bits per heavy atom. The predicted octanol–water partition coefficient (Wildman–Crippen LogP) is 2.34. The summed E-state index contributed by atoms with van der Waals surface area (Å²) in [6.07, 6.45) is 3.17. The van der Waals surface area contributed by atoms with Gasteiger partial charge in [0, 0.05) is 60.3 Å². The van der Waals surface area contributed by atoms with E-state index in [1.165, 1.54) is 22.8 Å². The van der Waals surface area contributed by atoms with Crippen molar-refractivity contribution in [2.75, 3.05) is 42.6 Å². The second-order valence-corrected chi connectivity index (χ2v) is 8.84. The molecule has 180 valence electrons. The zero-order valence-electron chi connectivity index (χ0n) is 24.5. The van der Waals surface area contributed by atoms with Crippen LogP contribution in [0.25, 0.3) is 27.9 Å². The van der Waals surface area contributed by atoms with Crippen molar-refractivity contribution in [3.63, 3.8) is 0 Å². The molecule has 12 heteroatoms. The Morgan fingerprint density at radius 1 is 1.31 bits per heavy atom. The number of carbonyl (C=O) groups is 1. The number of methoxy groups -OCH3 is 1. The maximum atomic E-state index is 15.1. The third-order valence-electron chi connectivity index (χ3n) is 6.44. The predicted molar refractivity (Wildman–Crippen MR) is 128 cm³/mol. The fourth-order valence-corrected chi connectivity index (χ4v) is 4.21. The van der Waals surface area contributed by atoms with Crippen LogP contribution in [0.4, 0.5) is 21.7 Å². The Hall–Kier alpha value is -3.93. The van der Waals surface area contributed by atoms with Crippen molar-refractivity contribution >= 4 is 39.8 Å². The van der Waals surface area contributed by atoms with E-state index in [4.69, 9.17) is 13.0 Å². The number of nitrogens with zero attached hydrogens (tertiary/aromatic N) is 7. The number of fused-ring (bicyclic) bond motifs is 2. The van der Waals surface area contributed by atoms with Gasteiger partial charge >= 0.3 is 0 Å². The summed E-state index contributed by atoms with van der Waals surface area (Å²) in [6, 6.07) is 2.80. The normalized spacial score (nSPS) is 23.0. The second kappa shape index (κ2) is 8.08. The van der Waals surface area contributed by atoms with Crippen molar-refractivity contribution in [3.05, 3.63) is 30.3 Å². The fraction of sp³-hybridized carbons (Fsp3) is 0.391. The molecule has 4 aromatic rings. The molecule has 0 radical (unpaired) electrons. The van der Waals surface area contributed by atoms with E-state index in [1.54, 1.807) is 11.1 Å². The van der Waals surface area contributed by atoms with Gasteiger partial charge in [-0.2, -0.15) is 0 Å². The number of pyridine rings is 2. The highest BCUT2D eigenvalue weighted by Gasteiger charge is 2.39. The fourth-order valence-electron chi connectivity index (χ4n) is 4.21. The Balaban J connectivity index is 1.36. The number of rotatable bonds is 6. The number of carbonyl (C=O) groups excluding carboxylic acids is 1. The minimum absolute atomic E-state index is 0.0613. The van der Waals surface area contributed by atoms with E-state index < -0.39 is 25.9 Å². The first kappa shape index (κ1) is 15.9. The first-order chi connectivity index (χ1) is 19.2. The molecule has 2 N–H and O–H groups in total. The van der Waals surface area contributed by atoms with E-state index in [-0.39, 0.29) is 59.5 Å². The molecular weight excluding hydrogens is 453 g/mol. The zero-order valence-corrected chi connectivity index (χ0v) is 18.5. The molecule has 2 fully saturated rings. The van der Waals surface area contributed by atoms with Gasteiger partial charge in [0.1, 0.15) is 5.52 Å². The summed E-state index contributed by atoms with van der Waals surface area (Å²) in [5.41, 5.74) is 0.788. The molecule has 11 nitrogen and oxygen atoms in total. The molecule has 1 amide bonds. The molecule has 2 aliphatic rings. The number of aromatic nitrogens is 6. The van der Waals surface area contributed by atoms with Gasteiger partial charge in [0.25, 0.3) is 0 Å². The van der Waals surface area contributed by atoms with Crippen LogP contribution in [0.15, 0.2) is 24.5 Å². The summed E-state index contributed by atoms with van der Waals surface area (Å²) >= 11 is 0. The lowest BCUT2D eigenvalue weighted by Gasteiger charge is -2.39. The largest absolute Gasteiger partial charge is 0.378 e. The van der Waals surface area contributed by atoms with Crippen LogP contribution in [0.5, 0.6) is 0 Å². The maximum Gasteiger partial charge on any atom is 0.228 e. The molecule has 5 heterocycles. The highest BCUT2D eigenvalue weighted by molar-refractivity contribution is 6.01. The van der Waals surface area contributed by atoms with E-state index in [9.17, 15) is 4.79 Å². The molecule has 1 aliphatic heterocycles. The number of anilines is 3. The van der Waals surface area contributed by atoms with E-state index >= 15 is 4.39 Å². The van der Waals surface area contributed by atoms with Gasteiger partial charge in [0.15, 0.2) is 28.9 Å². The lowest BCUT2D eigenvalue weighted by molar-refractivity contribution is -0.117. The molecule has 1 aliphatic carbocycles. The Bertz CT molecular complexity index is 1670. The van der Waals surface area contributed by atoms with Crippen LogP contribution in [0.1, 0.15) is 21.6 Å². The third kappa shape index (κ3) is 3.70. The van der Waals surface area contributed by atoms with E-state index in [2.05, 4.69) is 35.9 Å². The maximum absolute atomic E-state index is 15.1. The molecule has 0 spiro atoms. The van der Waals surface area contributed by atoms with Gasteiger partial charge in [-0.1, -0.05) is 6.92 Å². The van der Waals surface area contributed by atoms with Crippen molar-refractivity contribution in [2.24, 2.45) is 11.8 Å². The van der Waals surface area contributed by atoms with Gasteiger partial charge in [0.2, 0.25) is 5.91 Å². The first-order valence-electron chi connectivity index (χ1n) is 14.0. The highest BCUT2D eigenvalue weighted by Crippen LogP contribution is 2.38. The molecule has 0 unspecified atom stereocenters. The van der Waals surface area contributed by atoms with Crippen LogP contribution < -0.4 is 15.5 Å². The van der Waals surface area contributed by atoms with Crippen molar-refractivity contribution in [3.8, 4) is 11.4 Å². The lowest BCUT2D eigenvalue weighted by Crippen LogP contribution is -2.52. The molecule has 0 bridgehead atoms. The summed E-state index contributed by atoms with van der Waals surface area (Å²) < 4.78 is 65.7. The van der Waals surface area contributed by atoms with E-state index in [0.29, 0.717) is 16.6 Å². The quantitative estimate of drug-likeness (QED) is 0.425. The van der Waals surface area contributed by atoms with Crippen LogP contribution in [0, 0.1) is 17.7 Å². The standard InChI is InChI=1S/C23H24FN9O2/c1-11-4-14(11)23(34)27-18-6-15-16(7-26-21(25-2)19(15)30-29-18)20-28-22-17(24)5-12(8-33(22)31-20)32-9-13(10-32)35-3/h5-8,11,13-14H,4,9-10H2,1-3H3,(H,25,26)(H,27,29,34)/t11-,14+/m1/s1/i2D3,3D3. The minimum Gasteiger partial charge on any atom is -0.378 e. The molecule has 4 aromatic heterocycles. The van der Waals surface area contributed by atoms with Crippen molar-refractivity contribution in [1.82, 2.24) is 29.8 Å². The summed E-state index contributed by atoms with van der Waals surface area (Å²) in [4.78, 5) is 22.8. The molecule has 6 rings (SSSR count). The average Bonchev–Trinajstić information content (AvgIpc) is 3.42. The summed E-state index contributed by atoms with van der Waals surface area (Å²) in [5, 5.41) is 18.0. The number of ether oxygens (including phenoxy) is 1. The topological polar surface area (TPSA) is 122 Å². The number of hydrogen-bond acceptors (Lipinski definition) is 9. The Kier molecular flexibility index (Phi) is 3.67. The second-order valence-electron chi connectivity index (χ2n) is 8.84. The number of hydrogen-bond donors (Lipinski definition) is 2. The molecule has 1 saturated heterocycles. The molecule has 1 saturated carbocycles. The van der Waals surface area contributed by atoms with Gasteiger partial charge in [-0.25, -0.2) is 18.9 Å². The molecular formula is C23H24FN9O2. The molecule has 35 heavy (non-hydrogen) atoms. The Morgan fingerprint density at radius 2 is 2.17 bits per heavy atom. The first-order valence-corrected chi connectivity index (χ1v) is 11.0. The van der Waals surface area contributed by atoms with Crippen LogP contribution >= 0.6 is 0 Å². The SMILES string of the molecule is [2H]C([2H])([2H])Nc1ncc(-c2nc3c(F)cc(N4CC(OC([2H])([2H])[2H])C4)cn3n2)c2cc(NC(=O)[C@H]3C[C@H]3C)nnc12. The van der Waals surface area contributed by atoms with Crippen LogP contribution in [0.2, 0.25) is 0 Å². The third-order valence-corrected chi connectivity index (χ3v) is 6.44. The van der Waals surface area contributed by atoms with Crippen LogP contribution in [-0.2, 0) is 9.53 Å². The average molecular weight is 484 g/mol. The number of halogens is 1. The van der Waals surface area contributed by atoms with E-state index in [0.717, 1.165) is 6.42 Å². The highest BCUT2D eigenvalue weighted by atomic mass is 19.1. The lowest BCUT2D eigenvalue weighted by atomic mass is 10.1. The van der Waals surface area contributed by atoms with Gasteiger partial charge in [-0.3, -0.25) is 4.79 Å². The van der Waals surface area contributed by atoms with Crippen molar-refractivity contribution in [1.29, 1.82) is 0 Å². The molecule has 0 aromatic carbocycles. The zero-order chi connectivity index (χ0) is 29.3. The number of nitrogens with one attached hydrogen (secondary N) is 2. The summed E-state index contributed by atoms with van der Waals surface area (Å²) in [5.74, 6) is -0.530. The van der Waals surface area contributed by atoms with Crippen molar-refractivity contribution in [2.45, 2.75) is 19.4 Å². The van der Waals surface area contributed by atoms with Crippen LogP contribution in [0.3, 0.4) is 0 Å². The van der Waals surface area contributed by atoms with Gasteiger partial charge in [-0.15, -0.1) is 15.3 Å². The monoisotopic (exact) mass is 483 g/mol. The molecule has 2 atom stereocenters. The minimum atomic E-state index is -2.57. The van der Waals surface area contributed by atoms with E-state index in [1.807, 2.05) is 6.92 Å². The van der Waals surface area contributed by atoms with Crippen LogP contribution in [-0.4, -0.2) is 68.9 Å². The van der Waals surface area contributed by atoms with Gasteiger partial charge in [0.05, 0.1) is 22.1 Å². The van der Waals surface area contributed by atoms with Gasteiger partial charge < -0.3 is 20.3 Å². The van der Waals surface area contributed by atoms with Gasteiger partial charge in [-0.05, 0) is 18.4 Å². The number of amides is 1. The van der Waals surface area contributed by atoms with Crippen molar-refractivity contribution < 1.29 is 22.1 Å². The summed E-state index contributed by atoms with van der Waals surface area (Å²) in [7, 11) is -2.51.